The largest absolute Gasteiger partial charge is 0.381 e. The number of carbonyl (C=O) groups is 1. The maximum absolute atomic E-state index is 11.8. The molecule has 1 aliphatic rings. The van der Waals surface area contributed by atoms with Crippen LogP contribution in [0.2, 0.25) is 0 Å². The fourth-order valence-electron chi connectivity index (χ4n) is 2.27. The first-order valence-corrected chi connectivity index (χ1v) is 8.20. The van der Waals surface area contributed by atoms with Gasteiger partial charge >= 0.3 is 0 Å². The molecule has 0 bridgehead atoms. The molecule has 136 valence electrons. The van der Waals surface area contributed by atoms with Crippen LogP contribution in [0.15, 0.2) is 4.99 Å². The zero-order chi connectivity index (χ0) is 16.6. The molecule has 6 nitrogen and oxygen atoms in total. The molecule has 1 heterocycles. The van der Waals surface area contributed by atoms with Gasteiger partial charge in [-0.25, -0.2) is 0 Å². The minimum absolute atomic E-state index is 0. The summed E-state index contributed by atoms with van der Waals surface area (Å²) in [5.41, 5.74) is -0.354. The number of nitrogens with zero attached hydrogens (tertiary/aromatic N) is 2. The van der Waals surface area contributed by atoms with Crippen LogP contribution < -0.4 is 10.6 Å². The lowest BCUT2D eigenvalue weighted by atomic mass is 9.96. The maximum atomic E-state index is 11.8. The summed E-state index contributed by atoms with van der Waals surface area (Å²) in [5.74, 6) is 1.53. The highest BCUT2D eigenvalue weighted by molar-refractivity contribution is 14.0. The molecule has 1 fully saturated rings. The van der Waals surface area contributed by atoms with Crippen molar-refractivity contribution in [1.82, 2.24) is 15.5 Å². The first kappa shape index (κ1) is 22.4. The number of aliphatic imine (C=N–C) groups is 1. The van der Waals surface area contributed by atoms with E-state index in [-0.39, 0.29) is 35.3 Å². The van der Waals surface area contributed by atoms with Crippen LogP contribution in [0.5, 0.6) is 0 Å². The summed E-state index contributed by atoms with van der Waals surface area (Å²) in [6.07, 6.45) is 1.12. The zero-order valence-corrected chi connectivity index (χ0v) is 17.5. The molecule has 1 atom stereocenters. The Morgan fingerprint density at radius 1 is 1.35 bits per heavy atom. The molecule has 0 saturated carbocycles. The Balaban J connectivity index is 0.00000484. The summed E-state index contributed by atoms with van der Waals surface area (Å²) in [7, 11) is 2.05. The number of halogens is 1. The lowest BCUT2D eigenvalue weighted by Crippen LogP contribution is -2.42. The van der Waals surface area contributed by atoms with Crippen molar-refractivity contribution in [1.29, 1.82) is 0 Å². The van der Waals surface area contributed by atoms with Gasteiger partial charge in [0.25, 0.3) is 0 Å². The van der Waals surface area contributed by atoms with E-state index < -0.39 is 0 Å². The third-order valence-corrected chi connectivity index (χ3v) is 3.59. The average molecular weight is 440 g/mol. The second-order valence-electron chi connectivity index (χ2n) is 6.85. The fourth-order valence-corrected chi connectivity index (χ4v) is 2.27. The van der Waals surface area contributed by atoms with Crippen molar-refractivity contribution in [3.63, 3.8) is 0 Å². The van der Waals surface area contributed by atoms with Crippen molar-refractivity contribution in [3.8, 4) is 0 Å². The molecule has 0 aromatic rings. The number of hydrogen-bond acceptors (Lipinski definition) is 3. The van der Waals surface area contributed by atoms with E-state index in [0.29, 0.717) is 19.0 Å². The molecule has 0 aromatic heterocycles. The molecule has 1 rings (SSSR count). The van der Waals surface area contributed by atoms with E-state index in [4.69, 9.17) is 4.74 Å². The Morgan fingerprint density at radius 3 is 2.57 bits per heavy atom. The molecule has 0 spiro atoms. The summed E-state index contributed by atoms with van der Waals surface area (Å²) < 4.78 is 5.42. The van der Waals surface area contributed by atoms with Gasteiger partial charge in [0.05, 0.1) is 13.2 Å². The highest BCUT2D eigenvalue weighted by Gasteiger charge is 2.21. The van der Waals surface area contributed by atoms with E-state index in [1.807, 2.05) is 27.8 Å². The van der Waals surface area contributed by atoms with Crippen LogP contribution in [0.3, 0.4) is 0 Å². The highest BCUT2D eigenvalue weighted by atomic mass is 127. The molecular weight excluding hydrogens is 407 g/mol. The number of rotatable bonds is 6. The predicted octanol–water partition coefficient (Wildman–Crippen LogP) is 1.70. The van der Waals surface area contributed by atoms with Crippen LogP contribution in [-0.4, -0.2) is 63.2 Å². The molecule has 1 unspecified atom stereocenters. The SMILES string of the molecule is CCNC(=NCCNC(=O)C(C)(C)C)N(C)CC1CCOC1.I. The number of guanidine groups is 1. The Morgan fingerprint density at radius 2 is 2.04 bits per heavy atom. The first-order valence-electron chi connectivity index (χ1n) is 8.20. The fraction of sp³-hybridized carbons (Fsp3) is 0.875. The molecule has 1 amide bonds. The number of carbonyl (C=O) groups excluding carboxylic acids is 1. The Labute approximate surface area is 157 Å². The monoisotopic (exact) mass is 440 g/mol. The first-order chi connectivity index (χ1) is 10.3. The van der Waals surface area contributed by atoms with Gasteiger partial charge in [-0.05, 0) is 13.3 Å². The van der Waals surface area contributed by atoms with Gasteiger partial charge in [0.15, 0.2) is 5.96 Å². The summed E-state index contributed by atoms with van der Waals surface area (Å²) in [6, 6.07) is 0. The molecule has 1 saturated heterocycles. The minimum atomic E-state index is -0.354. The van der Waals surface area contributed by atoms with E-state index in [1.54, 1.807) is 0 Å². The van der Waals surface area contributed by atoms with Gasteiger partial charge < -0.3 is 20.3 Å². The summed E-state index contributed by atoms with van der Waals surface area (Å²) in [4.78, 5) is 18.5. The zero-order valence-electron chi connectivity index (χ0n) is 15.1. The second-order valence-corrected chi connectivity index (χ2v) is 6.85. The van der Waals surface area contributed by atoms with Crippen LogP contribution in [-0.2, 0) is 9.53 Å². The van der Waals surface area contributed by atoms with Gasteiger partial charge in [-0.2, -0.15) is 0 Å². The molecule has 23 heavy (non-hydrogen) atoms. The summed E-state index contributed by atoms with van der Waals surface area (Å²) in [6.45, 7) is 12.4. The predicted molar refractivity (Wildman–Crippen MR) is 105 cm³/mol. The Bertz CT molecular complexity index is 377. The average Bonchev–Trinajstić information content (AvgIpc) is 2.93. The van der Waals surface area contributed by atoms with Gasteiger partial charge in [0.2, 0.25) is 5.91 Å². The molecule has 0 aliphatic carbocycles. The van der Waals surface area contributed by atoms with Crippen molar-refractivity contribution in [2.75, 3.05) is 46.4 Å². The second kappa shape index (κ2) is 11.1. The minimum Gasteiger partial charge on any atom is -0.381 e. The van der Waals surface area contributed by atoms with Gasteiger partial charge in [0.1, 0.15) is 0 Å². The van der Waals surface area contributed by atoms with Crippen molar-refractivity contribution in [3.05, 3.63) is 0 Å². The van der Waals surface area contributed by atoms with Crippen LogP contribution in [0.1, 0.15) is 34.1 Å². The molecule has 7 heteroatoms. The molecule has 0 radical (unpaired) electrons. The number of nitrogens with one attached hydrogen (secondary N) is 2. The molecule has 1 aliphatic heterocycles. The standard InChI is InChI=1S/C16H32N4O2.HI/c1-6-17-15(20(5)11-13-7-10-22-12-13)19-9-8-18-14(21)16(2,3)4;/h13H,6-12H2,1-5H3,(H,17,19)(H,18,21);1H. The van der Waals surface area contributed by atoms with Gasteiger partial charge in [-0.3, -0.25) is 9.79 Å². The third kappa shape index (κ3) is 8.74. The topological polar surface area (TPSA) is 66.0 Å². The van der Waals surface area contributed by atoms with Crippen molar-refractivity contribution in [2.45, 2.75) is 34.1 Å². The van der Waals surface area contributed by atoms with E-state index in [0.717, 1.165) is 38.7 Å². The van der Waals surface area contributed by atoms with Crippen LogP contribution in [0.4, 0.5) is 0 Å². The lowest BCUT2D eigenvalue weighted by Gasteiger charge is -2.24. The van der Waals surface area contributed by atoms with Crippen LogP contribution in [0.25, 0.3) is 0 Å². The summed E-state index contributed by atoms with van der Waals surface area (Å²) in [5, 5.41) is 6.22. The molecule has 0 aromatic carbocycles. The van der Waals surface area contributed by atoms with Crippen molar-refractivity contribution in [2.24, 2.45) is 16.3 Å². The maximum Gasteiger partial charge on any atom is 0.225 e. The Hall–Kier alpha value is -0.570. The van der Waals surface area contributed by atoms with Crippen molar-refractivity contribution < 1.29 is 9.53 Å². The van der Waals surface area contributed by atoms with E-state index >= 15 is 0 Å². The lowest BCUT2D eigenvalue weighted by molar-refractivity contribution is -0.128. The molecule has 2 N–H and O–H groups in total. The smallest absolute Gasteiger partial charge is 0.225 e. The number of hydrogen-bond donors (Lipinski definition) is 2. The third-order valence-electron chi connectivity index (χ3n) is 3.59. The van der Waals surface area contributed by atoms with E-state index in [2.05, 4.69) is 27.4 Å². The van der Waals surface area contributed by atoms with E-state index in [1.165, 1.54) is 0 Å². The Kier molecular flexibility index (Phi) is 10.8. The molecular formula is C16H33IN4O2. The van der Waals surface area contributed by atoms with Crippen LogP contribution >= 0.6 is 24.0 Å². The van der Waals surface area contributed by atoms with Gasteiger partial charge in [-0.1, -0.05) is 20.8 Å². The highest BCUT2D eigenvalue weighted by Crippen LogP contribution is 2.13. The van der Waals surface area contributed by atoms with Gasteiger partial charge in [0, 0.05) is 44.6 Å². The quantitative estimate of drug-likeness (QED) is 0.286. The summed E-state index contributed by atoms with van der Waals surface area (Å²) >= 11 is 0. The van der Waals surface area contributed by atoms with Crippen molar-refractivity contribution >= 4 is 35.8 Å². The normalized spacial score (nSPS) is 18.3. The van der Waals surface area contributed by atoms with Gasteiger partial charge in [-0.15, -0.1) is 24.0 Å². The van der Waals surface area contributed by atoms with Crippen LogP contribution in [0, 0.1) is 11.3 Å². The van der Waals surface area contributed by atoms with E-state index in [9.17, 15) is 4.79 Å². The number of ether oxygens (including phenoxy) is 1. The number of amides is 1.